The fraction of sp³-hybridized carbons (Fsp3) is 0.571. The van der Waals surface area contributed by atoms with Crippen LogP contribution in [0, 0.1) is 5.41 Å². The molecule has 2 N–H and O–H groups in total. The van der Waals surface area contributed by atoms with Crippen LogP contribution in [0.5, 0.6) is 0 Å². The van der Waals surface area contributed by atoms with Gasteiger partial charge in [-0.3, -0.25) is 9.78 Å². The van der Waals surface area contributed by atoms with Gasteiger partial charge in [0.25, 0.3) is 0 Å². The number of carbonyl (C=O) groups is 1. The van der Waals surface area contributed by atoms with E-state index in [1.54, 1.807) is 6.20 Å². The maximum Gasteiger partial charge on any atom is 0.149 e. The van der Waals surface area contributed by atoms with Crippen LogP contribution in [0.4, 0.5) is 0 Å². The Morgan fingerprint density at radius 3 is 3.06 bits per heavy atom. The molecule has 17 heavy (non-hydrogen) atoms. The third-order valence-corrected chi connectivity index (χ3v) is 4.28. The Morgan fingerprint density at radius 2 is 2.35 bits per heavy atom. The van der Waals surface area contributed by atoms with Gasteiger partial charge in [0.1, 0.15) is 5.78 Å². The van der Waals surface area contributed by atoms with Crippen molar-refractivity contribution in [3.63, 3.8) is 0 Å². The minimum absolute atomic E-state index is 0.00556. The molecule has 0 spiro atoms. The van der Waals surface area contributed by atoms with Crippen molar-refractivity contribution in [3.8, 4) is 0 Å². The zero-order valence-corrected chi connectivity index (χ0v) is 9.98. The summed E-state index contributed by atoms with van der Waals surface area (Å²) in [6.45, 7) is 0.504. The van der Waals surface area contributed by atoms with Crippen LogP contribution < -0.4 is 5.73 Å². The standard InChI is InChI=1S/C14H18N2O/c15-9-14(6-7-14)13(17)11-5-1-3-10-4-2-8-16-12(10)11/h2,4,8,11H,1,3,5-7,9,15H2. The Hall–Kier alpha value is -1.22. The van der Waals surface area contributed by atoms with E-state index in [-0.39, 0.29) is 11.3 Å². The van der Waals surface area contributed by atoms with Crippen LogP contribution in [0.15, 0.2) is 18.3 Å². The molecule has 0 aliphatic heterocycles. The number of carbonyl (C=O) groups excluding carboxylic acids is 1. The number of hydrogen-bond acceptors (Lipinski definition) is 3. The van der Waals surface area contributed by atoms with E-state index in [0.29, 0.717) is 12.3 Å². The molecule has 0 saturated heterocycles. The van der Waals surface area contributed by atoms with E-state index >= 15 is 0 Å². The van der Waals surface area contributed by atoms with Gasteiger partial charge in [-0.25, -0.2) is 0 Å². The Kier molecular flexibility index (Phi) is 2.51. The van der Waals surface area contributed by atoms with E-state index < -0.39 is 0 Å². The molecule has 0 aromatic carbocycles. The lowest BCUT2D eigenvalue weighted by atomic mass is 9.79. The van der Waals surface area contributed by atoms with Crippen LogP contribution in [-0.2, 0) is 11.2 Å². The number of aromatic nitrogens is 1. The molecule has 1 saturated carbocycles. The molecule has 1 unspecified atom stereocenters. The number of Topliss-reactive ketones (excluding diaryl/α,β-unsaturated/α-hetero) is 1. The van der Waals surface area contributed by atoms with Crippen molar-refractivity contribution >= 4 is 5.78 Å². The lowest BCUT2D eigenvalue weighted by Crippen LogP contribution is -2.32. The zero-order chi connectivity index (χ0) is 11.9. The minimum atomic E-state index is -0.198. The van der Waals surface area contributed by atoms with Crippen molar-refractivity contribution in [1.29, 1.82) is 0 Å². The van der Waals surface area contributed by atoms with Crippen LogP contribution in [0.3, 0.4) is 0 Å². The monoisotopic (exact) mass is 230 g/mol. The maximum atomic E-state index is 12.6. The van der Waals surface area contributed by atoms with Crippen molar-refractivity contribution in [2.24, 2.45) is 11.1 Å². The normalized spacial score (nSPS) is 25.1. The van der Waals surface area contributed by atoms with Crippen LogP contribution in [0.1, 0.15) is 42.9 Å². The number of pyridine rings is 1. The second kappa shape index (κ2) is 3.91. The Labute approximate surface area is 101 Å². The van der Waals surface area contributed by atoms with Gasteiger partial charge in [-0.05, 0) is 43.7 Å². The number of nitrogens with two attached hydrogens (primary N) is 1. The number of nitrogens with zero attached hydrogens (tertiary/aromatic N) is 1. The summed E-state index contributed by atoms with van der Waals surface area (Å²) in [7, 11) is 0. The fourth-order valence-electron chi connectivity index (χ4n) is 2.94. The summed E-state index contributed by atoms with van der Waals surface area (Å²) >= 11 is 0. The van der Waals surface area contributed by atoms with Gasteiger partial charge in [0.2, 0.25) is 0 Å². The molecule has 0 amide bonds. The number of fused-ring (bicyclic) bond motifs is 1. The lowest BCUT2D eigenvalue weighted by molar-refractivity contribution is -0.125. The molecule has 3 nitrogen and oxygen atoms in total. The van der Waals surface area contributed by atoms with Gasteiger partial charge in [0, 0.05) is 18.2 Å². The summed E-state index contributed by atoms with van der Waals surface area (Å²) in [4.78, 5) is 17.0. The summed E-state index contributed by atoms with van der Waals surface area (Å²) < 4.78 is 0. The van der Waals surface area contributed by atoms with E-state index in [0.717, 1.165) is 37.8 Å². The molecular formula is C14H18N2O. The fourth-order valence-corrected chi connectivity index (χ4v) is 2.94. The first-order valence-electron chi connectivity index (χ1n) is 6.45. The van der Waals surface area contributed by atoms with Crippen LogP contribution >= 0.6 is 0 Å². The smallest absolute Gasteiger partial charge is 0.149 e. The molecule has 1 heterocycles. The van der Waals surface area contributed by atoms with Crippen molar-refractivity contribution in [3.05, 3.63) is 29.6 Å². The van der Waals surface area contributed by atoms with Gasteiger partial charge < -0.3 is 5.73 Å². The first-order chi connectivity index (χ1) is 8.27. The summed E-state index contributed by atoms with van der Waals surface area (Å²) in [6, 6.07) is 4.06. The molecule has 1 aromatic heterocycles. The van der Waals surface area contributed by atoms with Gasteiger partial charge in [0.05, 0.1) is 11.6 Å². The predicted molar refractivity (Wildman–Crippen MR) is 65.6 cm³/mol. The van der Waals surface area contributed by atoms with Crippen molar-refractivity contribution < 1.29 is 4.79 Å². The molecule has 1 aromatic rings. The average Bonchev–Trinajstić information content (AvgIpc) is 3.18. The molecule has 1 atom stereocenters. The first-order valence-corrected chi connectivity index (χ1v) is 6.45. The highest BCUT2D eigenvalue weighted by atomic mass is 16.1. The summed E-state index contributed by atoms with van der Waals surface area (Å²) in [5.41, 5.74) is 7.83. The zero-order valence-electron chi connectivity index (χ0n) is 9.98. The van der Waals surface area contributed by atoms with E-state index in [4.69, 9.17) is 5.73 Å². The van der Waals surface area contributed by atoms with E-state index in [9.17, 15) is 4.79 Å². The number of aryl methyl sites for hydroxylation is 1. The summed E-state index contributed by atoms with van der Waals surface area (Å²) in [5.74, 6) is 0.352. The second-order valence-corrected chi connectivity index (χ2v) is 5.34. The second-order valence-electron chi connectivity index (χ2n) is 5.34. The molecule has 90 valence electrons. The van der Waals surface area contributed by atoms with Crippen LogP contribution in [-0.4, -0.2) is 17.3 Å². The highest BCUT2D eigenvalue weighted by Gasteiger charge is 2.51. The van der Waals surface area contributed by atoms with Gasteiger partial charge in [-0.1, -0.05) is 6.07 Å². The highest BCUT2D eigenvalue weighted by molar-refractivity contribution is 5.93. The number of hydrogen-bond donors (Lipinski definition) is 1. The van der Waals surface area contributed by atoms with Gasteiger partial charge >= 0.3 is 0 Å². The van der Waals surface area contributed by atoms with E-state index in [2.05, 4.69) is 11.1 Å². The minimum Gasteiger partial charge on any atom is -0.329 e. The predicted octanol–water partition coefficient (Wildman–Crippen LogP) is 1.81. The third-order valence-electron chi connectivity index (χ3n) is 4.28. The van der Waals surface area contributed by atoms with Gasteiger partial charge in [-0.15, -0.1) is 0 Å². The van der Waals surface area contributed by atoms with Crippen molar-refractivity contribution in [2.45, 2.75) is 38.0 Å². The number of ketones is 1. The van der Waals surface area contributed by atoms with Crippen molar-refractivity contribution in [2.75, 3.05) is 6.54 Å². The Bertz CT molecular complexity index is 451. The molecule has 3 rings (SSSR count). The Morgan fingerprint density at radius 1 is 1.53 bits per heavy atom. The molecular weight excluding hydrogens is 212 g/mol. The summed E-state index contributed by atoms with van der Waals surface area (Å²) in [5, 5.41) is 0. The largest absolute Gasteiger partial charge is 0.329 e. The lowest BCUT2D eigenvalue weighted by Gasteiger charge is -2.26. The maximum absolute atomic E-state index is 12.6. The highest BCUT2D eigenvalue weighted by Crippen LogP contribution is 2.50. The summed E-state index contributed by atoms with van der Waals surface area (Å²) in [6.07, 6.45) is 6.84. The van der Waals surface area contributed by atoms with Crippen LogP contribution in [0.25, 0.3) is 0 Å². The van der Waals surface area contributed by atoms with Crippen LogP contribution in [0.2, 0.25) is 0 Å². The van der Waals surface area contributed by atoms with E-state index in [1.165, 1.54) is 5.56 Å². The van der Waals surface area contributed by atoms with Crippen molar-refractivity contribution in [1.82, 2.24) is 4.98 Å². The first kappa shape index (κ1) is 10.9. The Balaban J connectivity index is 1.93. The molecule has 1 fully saturated rings. The quantitative estimate of drug-likeness (QED) is 0.861. The molecule has 3 heteroatoms. The SMILES string of the molecule is NCC1(C(=O)C2CCCc3cccnc32)CC1. The molecule has 2 aliphatic carbocycles. The number of rotatable bonds is 3. The molecule has 2 aliphatic rings. The molecule has 0 radical (unpaired) electrons. The third kappa shape index (κ3) is 1.69. The van der Waals surface area contributed by atoms with E-state index in [1.807, 2.05) is 6.07 Å². The topological polar surface area (TPSA) is 56.0 Å². The molecule has 0 bridgehead atoms. The van der Waals surface area contributed by atoms with Gasteiger partial charge in [-0.2, -0.15) is 0 Å². The average molecular weight is 230 g/mol. The van der Waals surface area contributed by atoms with Gasteiger partial charge in [0.15, 0.2) is 0 Å².